The van der Waals surface area contributed by atoms with Gasteiger partial charge in [-0.2, -0.15) is 0 Å². The predicted molar refractivity (Wildman–Crippen MR) is 78.4 cm³/mol. The lowest BCUT2D eigenvalue weighted by molar-refractivity contribution is 0.611. The fourth-order valence-corrected chi connectivity index (χ4v) is 2.90. The zero-order valence-corrected chi connectivity index (χ0v) is 11.3. The van der Waals surface area contributed by atoms with E-state index in [-0.39, 0.29) is 6.04 Å². The fourth-order valence-electron chi connectivity index (χ4n) is 1.81. The molecular weight excluding hydrogens is 240 g/mol. The first kappa shape index (κ1) is 13.1. The molecule has 0 fully saturated rings. The lowest BCUT2D eigenvalue weighted by atomic mass is 10.1. The zero-order valence-electron chi connectivity index (χ0n) is 10.5. The second-order valence-electron chi connectivity index (χ2n) is 4.26. The minimum Gasteiger partial charge on any atom is -0.271 e. The quantitative estimate of drug-likeness (QED) is 0.491. The molecule has 0 aliphatic rings. The van der Waals surface area contributed by atoms with Crippen LogP contribution in [0.3, 0.4) is 0 Å². The first-order chi connectivity index (χ1) is 8.79. The second-order valence-corrected chi connectivity index (χ2v) is 5.35. The second kappa shape index (κ2) is 6.59. The summed E-state index contributed by atoms with van der Waals surface area (Å²) in [6, 6.07) is 19.0. The number of nitrogens with two attached hydrogens (primary N) is 1. The Hall–Kier alpha value is -1.29. The minimum atomic E-state index is 0.178. The van der Waals surface area contributed by atoms with Crippen molar-refractivity contribution < 1.29 is 0 Å². The molecule has 0 aromatic heterocycles. The van der Waals surface area contributed by atoms with Crippen LogP contribution in [0, 0.1) is 6.92 Å². The summed E-state index contributed by atoms with van der Waals surface area (Å²) in [5.41, 5.74) is 5.39. The summed E-state index contributed by atoms with van der Waals surface area (Å²) in [6.07, 6.45) is 0. The van der Waals surface area contributed by atoms with Gasteiger partial charge in [0.25, 0.3) is 0 Å². The number of rotatable bonds is 5. The molecule has 2 nitrogen and oxygen atoms in total. The van der Waals surface area contributed by atoms with Gasteiger partial charge in [0, 0.05) is 10.6 Å². The van der Waals surface area contributed by atoms with Gasteiger partial charge in [0.15, 0.2) is 0 Å². The Morgan fingerprint density at radius 1 is 1.11 bits per heavy atom. The van der Waals surface area contributed by atoms with Crippen molar-refractivity contribution in [3.8, 4) is 0 Å². The Labute approximate surface area is 113 Å². The van der Waals surface area contributed by atoms with Gasteiger partial charge >= 0.3 is 0 Å². The van der Waals surface area contributed by atoms with Crippen LogP contribution in [-0.2, 0) is 0 Å². The molecule has 0 heterocycles. The van der Waals surface area contributed by atoms with E-state index in [1.54, 1.807) is 0 Å². The van der Waals surface area contributed by atoms with Gasteiger partial charge in [-0.1, -0.05) is 48.0 Å². The lowest BCUT2D eigenvalue weighted by Crippen LogP contribution is -2.29. The van der Waals surface area contributed by atoms with E-state index in [9.17, 15) is 0 Å². The van der Waals surface area contributed by atoms with Crippen molar-refractivity contribution >= 4 is 11.8 Å². The SMILES string of the molecule is Cc1cccc(SCC(NN)c2ccccc2)c1. The molecule has 0 bridgehead atoms. The number of hydrazine groups is 1. The van der Waals surface area contributed by atoms with Crippen LogP contribution >= 0.6 is 11.8 Å². The minimum absolute atomic E-state index is 0.178. The van der Waals surface area contributed by atoms with Crippen LogP contribution in [0.15, 0.2) is 59.5 Å². The topological polar surface area (TPSA) is 38.0 Å². The number of nitrogens with one attached hydrogen (secondary N) is 1. The van der Waals surface area contributed by atoms with Gasteiger partial charge in [0.05, 0.1) is 6.04 Å². The molecule has 2 aromatic rings. The van der Waals surface area contributed by atoms with E-state index in [0.29, 0.717) is 0 Å². The molecule has 94 valence electrons. The number of hydrogen-bond acceptors (Lipinski definition) is 3. The van der Waals surface area contributed by atoms with Crippen molar-refractivity contribution in [1.29, 1.82) is 0 Å². The number of hydrogen-bond donors (Lipinski definition) is 2. The number of benzene rings is 2. The van der Waals surface area contributed by atoms with Crippen LogP contribution in [0.2, 0.25) is 0 Å². The maximum Gasteiger partial charge on any atom is 0.0553 e. The monoisotopic (exact) mass is 258 g/mol. The molecule has 0 radical (unpaired) electrons. The Balaban J connectivity index is 2.00. The molecule has 0 saturated heterocycles. The molecule has 3 heteroatoms. The van der Waals surface area contributed by atoms with Gasteiger partial charge in [-0.3, -0.25) is 11.3 Å². The molecule has 0 aliphatic heterocycles. The first-order valence-corrected chi connectivity index (χ1v) is 6.98. The highest BCUT2D eigenvalue weighted by Crippen LogP contribution is 2.24. The van der Waals surface area contributed by atoms with Crippen LogP contribution in [-0.4, -0.2) is 5.75 Å². The normalized spacial score (nSPS) is 12.3. The molecule has 0 amide bonds. The smallest absolute Gasteiger partial charge is 0.0553 e. The molecule has 1 atom stereocenters. The van der Waals surface area contributed by atoms with Gasteiger partial charge < -0.3 is 0 Å². The highest BCUT2D eigenvalue weighted by molar-refractivity contribution is 7.99. The predicted octanol–water partition coefficient (Wildman–Crippen LogP) is 3.29. The zero-order chi connectivity index (χ0) is 12.8. The Kier molecular flexibility index (Phi) is 4.81. The van der Waals surface area contributed by atoms with Crippen molar-refractivity contribution in [2.45, 2.75) is 17.9 Å². The van der Waals surface area contributed by atoms with E-state index in [1.165, 1.54) is 16.0 Å². The average Bonchev–Trinajstić information content (AvgIpc) is 2.41. The molecule has 0 saturated carbocycles. The molecule has 0 spiro atoms. The van der Waals surface area contributed by atoms with Crippen LogP contribution < -0.4 is 11.3 Å². The largest absolute Gasteiger partial charge is 0.271 e. The summed E-state index contributed by atoms with van der Waals surface area (Å²) in [6.45, 7) is 2.11. The molecule has 2 rings (SSSR count). The van der Waals surface area contributed by atoms with Gasteiger partial charge in [-0.05, 0) is 24.6 Å². The molecular formula is C15H18N2S. The van der Waals surface area contributed by atoms with Gasteiger partial charge in [-0.25, -0.2) is 0 Å². The van der Waals surface area contributed by atoms with E-state index in [2.05, 4.69) is 48.7 Å². The highest BCUT2D eigenvalue weighted by atomic mass is 32.2. The molecule has 0 aliphatic carbocycles. The van der Waals surface area contributed by atoms with E-state index < -0.39 is 0 Å². The summed E-state index contributed by atoms with van der Waals surface area (Å²) in [5.74, 6) is 6.56. The summed E-state index contributed by atoms with van der Waals surface area (Å²) in [5, 5.41) is 0. The average molecular weight is 258 g/mol. The van der Waals surface area contributed by atoms with E-state index in [1.807, 2.05) is 30.0 Å². The van der Waals surface area contributed by atoms with Gasteiger partial charge in [-0.15, -0.1) is 11.8 Å². The van der Waals surface area contributed by atoms with Crippen LogP contribution in [0.4, 0.5) is 0 Å². The summed E-state index contributed by atoms with van der Waals surface area (Å²) in [7, 11) is 0. The summed E-state index contributed by atoms with van der Waals surface area (Å²) in [4.78, 5) is 1.28. The fraction of sp³-hybridized carbons (Fsp3) is 0.200. The third-order valence-corrected chi connectivity index (χ3v) is 3.90. The Bertz CT molecular complexity index is 485. The van der Waals surface area contributed by atoms with Crippen molar-refractivity contribution in [2.75, 3.05) is 5.75 Å². The molecule has 18 heavy (non-hydrogen) atoms. The van der Waals surface area contributed by atoms with Gasteiger partial charge in [0.1, 0.15) is 0 Å². The maximum absolute atomic E-state index is 5.64. The summed E-state index contributed by atoms with van der Waals surface area (Å²) >= 11 is 1.82. The van der Waals surface area contributed by atoms with Crippen molar-refractivity contribution in [3.63, 3.8) is 0 Å². The van der Waals surface area contributed by atoms with E-state index >= 15 is 0 Å². The van der Waals surface area contributed by atoms with Crippen LogP contribution in [0.1, 0.15) is 17.2 Å². The van der Waals surface area contributed by atoms with E-state index in [4.69, 9.17) is 5.84 Å². The summed E-state index contributed by atoms with van der Waals surface area (Å²) < 4.78 is 0. The number of aryl methyl sites for hydroxylation is 1. The lowest BCUT2D eigenvalue weighted by Gasteiger charge is -2.15. The van der Waals surface area contributed by atoms with Crippen LogP contribution in [0.5, 0.6) is 0 Å². The molecule has 1 unspecified atom stereocenters. The van der Waals surface area contributed by atoms with Gasteiger partial charge in [0.2, 0.25) is 0 Å². The van der Waals surface area contributed by atoms with Crippen molar-refractivity contribution in [3.05, 3.63) is 65.7 Å². The third-order valence-electron chi connectivity index (χ3n) is 2.81. The van der Waals surface area contributed by atoms with Crippen molar-refractivity contribution in [2.24, 2.45) is 5.84 Å². The highest BCUT2D eigenvalue weighted by Gasteiger charge is 2.09. The Morgan fingerprint density at radius 2 is 1.89 bits per heavy atom. The number of thioether (sulfide) groups is 1. The van der Waals surface area contributed by atoms with E-state index in [0.717, 1.165) is 5.75 Å². The Morgan fingerprint density at radius 3 is 2.56 bits per heavy atom. The third kappa shape index (κ3) is 3.60. The molecule has 3 N–H and O–H groups in total. The van der Waals surface area contributed by atoms with Crippen molar-refractivity contribution in [1.82, 2.24) is 5.43 Å². The molecule has 2 aromatic carbocycles. The first-order valence-electron chi connectivity index (χ1n) is 6.00. The maximum atomic E-state index is 5.64. The van der Waals surface area contributed by atoms with Crippen LogP contribution in [0.25, 0.3) is 0 Å². The standard InChI is InChI=1S/C15H18N2S/c1-12-6-5-9-14(10-12)18-11-15(17-16)13-7-3-2-4-8-13/h2-10,15,17H,11,16H2,1H3.